The molecule has 3 rings (SSSR count). The number of ether oxygens (including phenoxy) is 1. The van der Waals surface area contributed by atoms with Gasteiger partial charge < -0.3 is 10.5 Å². The first kappa shape index (κ1) is 19.2. The van der Waals surface area contributed by atoms with Crippen LogP contribution in [0.1, 0.15) is 56.8 Å². The minimum atomic E-state index is -0.722. The molecule has 2 N–H and O–H groups in total. The van der Waals surface area contributed by atoms with Crippen LogP contribution in [0.25, 0.3) is 17.0 Å². The first-order valence-electron chi connectivity index (χ1n) is 9.48. The van der Waals surface area contributed by atoms with Gasteiger partial charge in [0.25, 0.3) is 0 Å². The second-order valence-electron chi connectivity index (χ2n) is 7.23. The predicted molar refractivity (Wildman–Crippen MR) is 106 cm³/mol. The predicted octanol–water partition coefficient (Wildman–Crippen LogP) is 3.96. The highest BCUT2D eigenvalue weighted by Gasteiger charge is 2.40. The number of carbonyl (C=O) groups excluding carboxylic acids is 2. The molecule has 5 nitrogen and oxygen atoms in total. The molecular weight excluding hydrogens is 340 g/mol. The SMILES string of the molecule is CCOC(=O)C1(C=Cc2ccc3ccc(C(C)N)nc3c2)CCC(=O)CC1. The molecule has 1 heterocycles. The Labute approximate surface area is 159 Å². The molecule has 0 amide bonds. The number of ketones is 1. The zero-order valence-corrected chi connectivity index (χ0v) is 15.9. The molecule has 1 aromatic carbocycles. The Kier molecular flexibility index (Phi) is 5.71. The largest absolute Gasteiger partial charge is 0.465 e. The molecule has 5 heteroatoms. The summed E-state index contributed by atoms with van der Waals surface area (Å²) in [7, 11) is 0. The van der Waals surface area contributed by atoms with Gasteiger partial charge in [0, 0.05) is 24.3 Å². The third-order valence-corrected chi connectivity index (χ3v) is 5.18. The van der Waals surface area contributed by atoms with Gasteiger partial charge in [-0.05, 0) is 44.4 Å². The molecule has 2 aromatic rings. The molecule has 1 saturated carbocycles. The molecule has 1 fully saturated rings. The summed E-state index contributed by atoms with van der Waals surface area (Å²) in [5.74, 6) is -0.0337. The van der Waals surface area contributed by atoms with E-state index in [0.717, 1.165) is 22.2 Å². The first-order chi connectivity index (χ1) is 12.9. The number of rotatable bonds is 5. The number of Topliss-reactive ketones (excluding diaryl/α,β-unsaturated/α-hetero) is 1. The number of carbonyl (C=O) groups is 2. The van der Waals surface area contributed by atoms with Crippen molar-refractivity contribution in [3.05, 3.63) is 47.7 Å². The highest BCUT2D eigenvalue weighted by molar-refractivity contribution is 5.87. The highest BCUT2D eigenvalue weighted by Crippen LogP contribution is 2.38. The van der Waals surface area contributed by atoms with E-state index in [0.29, 0.717) is 32.3 Å². The maximum atomic E-state index is 12.6. The van der Waals surface area contributed by atoms with Gasteiger partial charge in [0.05, 0.1) is 23.2 Å². The fourth-order valence-corrected chi connectivity index (χ4v) is 3.45. The zero-order valence-electron chi connectivity index (χ0n) is 15.9. The van der Waals surface area contributed by atoms with E-state index in [1.54, 1.807) is 6.92 Å². The number of esters is 1. The molecule has 0 spiro atoms. The van der Waals surface area contributed by atoms with E-state index in [1.807, 2.05) is 49.4 Å². The monoisotopic (exact) mass is 366 g/mol. The summed E-state index contributed by atoms with van der Waals surface area (Å²) >= 11 is 0. The lowest BCUT2D eigenvalue weighted by atomic mass is 9.73. The molecule has 0 aliphatic heterocycles. The Morgan fingerprint density at radius 1 is 1.30 bits per heavy atom. The summed E-state index contributed by atoms with van der Waals surface area (Å²) in [4.78, 5) is 28.8. The molecule has 27 heavy (non-hydrogen) atoms. The van der Waals surface area contributed by atoms with E-state index in [-0.39, 0.29) is 17.8 Å². The van der Waals surface area contributed by atoms with Gasteiger partial charge >= 0.3 is 5.97 Å². The Balaban J connectivity index is 1.91. The minimum absolute atomic E-state index is 0.125. The van der Waals surface area contributed by atoms with Crippen LogP contribution in [0.3, 0.4) is 0 Å². The number of fused-ring (bicyclic) bond motifs is 1. The van der Waals surface area contributed by atoms with E-state index < -0.39 is 5.41 Å². The second kappa shape index (κ2) is 8.01. The van der Waals surface area contributed by atoms with Crippen LogP contribution in [-0.2, 0) is 14.3 Å². The molecular formula is C22H26N2O3. The molecule has 142 valence electrons. The van der Waals surface area contributed by atoms with Crippen LogP contribution in [0.4, 0.5) is 0 Å². The number of nitrogens with two attached hydrogens (primary N) is 1. The molecule has 1 unspecified atom stereocenters. The van der Waals surface area contributed by atoms with Gasteiger partial charge in [-0.15, -0.1) is 0 Å². The fourth-order valence-electron chi connectivity index (χ4n) is 3.45. The van der Waals surface area contributed by atoms with Gasteiger partial charge in [0.15, 0.2) is 0 Å². The van der Waals surface area contributed by atoms with Crippen molar-refractivity contribution < 1.29 is 14.3 Å². The highest BCUT2D eigenvalue weighted by atomic mass is 16.5. The summed E-state index contributed by atoms with van der Waals surface area (Å²) < 4.78 is 5.29. The standard InChI is InChI=1S/C22H26N2O3/c1-3-27-21(26)22(12-9-18(25)10-13-22)11-8-16-4-5-17-6-7-19(15(2)23)24-20(17)14-16/h4-8,11,14-15H,3,9-10,12-13,23H2,1-2H3. The Morgan fingerprint density at radius 2 is 2.00 bits per heavy atom. The molecule has 1 atom stereocenters. The number of nitrogens with zero attached hydrogens (tertiary/aromatic N) is 1. The van der Waals surface area contributed by atoms with Crippen LogP contribution in [0, 0.1) is 5.41 Å². The molecule has 1 aromatic heterocycles. The van der Waals surface area contributed by atoms with Gasteiger partial charge in [0.2, 0.25) is 0 Å². The van der Waals surface area contributed by atoms with Crippen molar-refractivity contribution in [3.63, 3.8) is 0 Å². The summed E-state index contributed by atoms with van der Waals surface area (Å²) in [5.41, 5.74) is 7.88. The van der Waals surface area contributed by atoms with Gasteiger partial charge in [-0.1, -0.05) is 30.4 Å². The van der Waals surface area contributed by atoms with Crippen LogP contribution in [0.2, 0.25) is 0 Å². The van der Waals surface area contributed by atoms with Crippen molar-refractivity contribution in [2.75, 3.05) is 6.61 Å². The number of hydrogen-bond acceptors (Lipinski definition) is 5. The Hall–Kier alpha value is -2.53. The van der Waals surface area contributed by atoms with Crippen LogP contribution in [-0.4, -0.2) is 23.3 Å². The Bertz CT molecular complexity index is 876. The van der Waals surface area contributed by atoms with E-state index in [2.05, 4.69) is 4.98 Å². The van der Waals surface area contributed by atoms with Gasteiger partial charge in [-0.2, -0.15) is 0 Å². The maximum absolute atomic E-state index is 12.6. The lowest BCUT2D eigenvalue weighted by Crippen LogP contribution is -2.35. The number of pyridine rings is 1. The van der Waals surface area contributed by atoms with Gasteiger partial charge in [-0.25, -0.2) is 0 Å². The third kappa shape index (κ3) is 4.25. The van der Waals surface area contributed by atoms with E-state index in [9.17, 15) is 9.59 Å². The van der Waals surface area contributed by atoms with Crippen molar-refractivity contribution in [1.82, 2.24) is 4.98 Å². The van der Waals surface area contributed by atoms with Crippen molar-refractivity contribution in [2.24, 2.45) is 11.1 Å². The van der Waals surface area contributed by atoms with E-state index >= 15 is 0 Å². The van der Waals surface area contributed by atoms with Crippen molar-refractivity contribution >= 4 is 28.7 Å². The molecule has 0 saturated heterocycles. The summed E-state index contributed by atoms with van der Waals surface area (Å²) in [6.07, 6.45) is 5.68. The van der Waals surface area contributed by atoms with Gasteiger partial charge in [0.1, 0.15) is 5.78 Å². The summed E-state index contributed by atoms with van der Waals surface area (Å²) in [5, 5.41) is 1.04. The van der Waals surface area contributed by atoms with E-state index in [1.165, 1.54) is 0 Å². The number of hydrogen-bond donors (Lipinski definition) is 1. The molecule has 1 aliphatic carbocycles. The van der Waals surface area contributed by atoms with Crippen molar-refractivity contribution in [1.29, 1.82) is 0 Å². The maximum Gasteiger partial charge on any atom is 0.315 e. The molecule has 0 radical (unpaired) electrons. The normalized spacial score (nSPS) is 18.0. The quantitative estimate of drug-likeness (QED) is 0.810. The van der Waals surface area contributed by atoms with Crippen LogP contribution in [0.15, 0.2) is 36.4 Å². The average Bonchev–Trinajstić information content (AvgIpc) is 2.67. The van der Waals surface area contributed by atoms with E-state index in [4.69, 9.17) is 10.5 Å². The summed E-state index contributed by atoms with van der Waals surface area (Å²) in [6, 6.07) is 9.83. The topological polar surface area (TPSA) is 82.3 Å². The zero-order chi connectivity index (χ0) is 19.4. The van der Waals surface area contributed by atoms with Crippen molar-refractivity contribution in [3.8, 4) is 0 Å². The lowest BCUT2D eigenvalue weighted by molar-refractivity contribution is -0.154. The first-order valence-corrected chi connectivity index (χ1v) is 9.48. The van der Waals surface area contributed by atoms with Crippen LogP contribution in [0.5, 0.6) is 0 Å². The minimum Gasteiger partial charge on any atom is -0.465 e. The lowest BCUT2D eigenvalue weighted by Gasteiger charge is -2.31. The van der Waals surface area contributed by atoms with Crippen LogP contribution >= 0.6 is 0 Å². The van der Waals surface area contributed by atoms with Gasteiger partial charge in [-0.3, -0.25) is 14.6 Å². The molecule has 1 aliphatic rings. The van der Waals surface area contributed by atoms with Crippen molar-refractivity contribution in [2.45, 2.75) is 45.6 Å². The summed E-state index contributed by atoms with van der Waals surface area (Å²) in [6.45, 7) is 4.04. The molecule has 0 bridgehead atoms. The number of aromatic nitrogens is 1. The second-order valence-corrected chi connectivity index (χ2v) is 7.23. The van der Waals surface area contributed by atoms with Crippen LogP contribution < -0.4 is 5.73 Å². The number of benzene rings is 1. The smallest absolute Gasteiger partial charge is 0.315 e. The average molecular weight is 366 g/mol. The Morgan fingerprint density at radius 3 is 2.67 bits per heavy atom. The fraction of sp³-hybridized carbons (Fsp3) is 0.409. The third-order valence-electron chi connectivity index (χ3n) is 5.18.